The fourth-order valence-electron chi connectivity index (χ4n) is 5.15. The molecule has 1 aromatic carbocycles. The Bertz CT molecular complexity index is 1270. The summed E-state index contributed by atoms with van der Waals surface area (Å²) in [5.41, 5.74) is 0.452. The number of ether oxygens (including phenoxy) is 2. The van der Waals surface area contributed by atoms with E-state index in [9.17, 15) is 17.6 Å². The summed E-state index contributed by atoms with van der Waals surface area (Å²) < 4.78 is 49.6. The summed E-state index contributed by atoms with van der Waals surface area (Å²) in [5.74, 6) is 1.10. The van der Waals surface area contributed by atoms with E-state index in [-0.39, 0.29) is 22.3 Å². The molecule has 2 heterocycles. The number of piperidine rings is 1. The number of anilines is 2. The van der Waals surface area contributed by atoms with Gasteiger partial charge in [-0.2, -0.15) is 0 Å². The zero-order valence-electron chi connectivity index (χ0n) is 20.7. The number of likely N-dealkylation sites (tertiary alicyclic amines) is 1. The standard InChI is InChI=1S/C25H31FN4O5S/c1-15-22(29-21-7-6-18(10-20(21)26)36(3,32)33)27-14-28-23(15)34-13-19-16-4-5-17(19)12-30(11-16)24(31)35-25(2)8-9-25/h6-7,10,14,16-17,19H,4-5,8-9,11-13H2,1-3H3,(H,27,28,29). The minimum atomic E-state index is -3.51. The topological polar surface area (TPSA) is 111 Å². The van der Waals surface area contributed by atoms with Gasteiger partial charge in [0.2, 0.25) is 5.88 Å². The summed E-state index contributed by atoms with van der Waals surface area (Å²) >= 11 is 0. The number of carbonyl (C=O) groups is 1. The van der Waals surface area contributed by atoms with Gasteiger partial charge in [0.1, 0.15) is 23.6 Å². The van der Waals surface area contributed by atoms with Crippen LogP contribution in [-0.2, 0) is 14.6 Å². The molecule has 0 radical (unpaired) electrons. The van der Waals surface area contributed by atoms with Gasteiger partial charge in [-0.1, -0.05) is 0 Å². The fourth-order valence-corrected chi connectivity index (χ4v) is 5.78. The van der Waals surface area contributed by atoms with Gasteiger partial charge in [-0.15, -0.1) is 0 Å². The second-order valence-corrected chi connectivity index (χ2v) is 12.5. The Balaban J connectivity index is 1.22. The summed E-state index contributed by atoms with van der Waals surface area (Å²) in [6, 6.07) is 3.69. The minimum Gasteiger partial charge on any atom is -0.477 e. The van der Waals surface area contributed by atoms with Crippen LogP contribution in [0.2, 0.25) is 0 Å². The molecular weight excluding hydrogens is 487 g/mol. The van der Waals surface area contributed by atoms with Crippen molar-refractivity contribution in [2.45, 2.75) is 50.0 Å². The number of hydrogen-bond donors (Lipinski definition) is 1. The molecule has 2 aromatic rings. The van der Waals surface area contributed by atoms with Gasteiger partial charge in [0.25, 0.3) is 0 Å². The van der Waals surface area contributed by atoms with E-state index in [0.29, 0.717) is 54.7 Å². The highest BCUT2D eigenvalue weighted by molar-refractivity contribution is 7.90. The summed E-state index contributed by atoms with van der Waals surface area (Å²) in [7, 11) is -3.51. The highest BCUT2D eigenvalue weighted by Gasteiger charge is 2.47. The quantitative estimate of drug-likeness (QED) is 0.583. The van der Waals surface area contributed by atoms with Crippen LogP contribution in [0.15, 0.2) is 29.4 Å². The van der Waals surface area contributed by atoms with Crippen molar-refractivity contribution >= 4 is 27.4 Å². The lowest BCUT2D eigenvalue weighted by Gasteiger charge is -2.37. The number of sulfone groups is 1. The van der Waals surface area contributed by atoms with Crippen LogP contribution in [0.1, 0.15) is 38.2 Å². The monoisotopic (exact) mass is 518 g/mol. The van der Waals surface area contributed by atoms with Gasteiger partial charge >= 0.3 is 6.09 Å². The number of amides is 1. The summed E-state index contributed by atoms with van der Waals surface area (Å²) in [4.78, 5) is 22.8. The number of benzene rings is 1. The molecule has 5 rings (SSSR count). The second kappa shape index (κ2) is 9.17. The Morgan fingerprint density at radius 2 is 1.92 bits per heavy atom. The van der Waals surface area contributed by atoms with Crippen molar-refractivity contribution < 1.29 is 27.1 Å². The molecule has 0 spiro atoms. The fraction of sp³-hybridized carbons (Fsp3) is 0.560. The van der Waals surface area contributed by atoms with E-state index >= 15 is 0 Å². The van der Waals surface area contributed by atoms with Crippen LogP contribution in [0.5, 0.6) is 5.88 Å². The van der Waals surface area contributed by atoms with Crippen molar-refractivity contribution in [3.05, 3.63) is 35.9 Å². The number of aromatic nitrogens is 2. The zero-order valence-corrected chi connectivity index (χ0v) is 21.5. The number of rotatable bonds is 7. The van der Waals surface area contributed by atoms with E-state index in [1.54, 1.807) is 6.92 Å². The van der Waals surface area contributed by atoms with Gasteiger partial charge in [0, 0.05) is 25.3 Å². The molecule has 36 heavy (non-hydrogen) atoms. The van der Waals surface area contributed by atoms with Crippen molar-refractivity contribution in [1.82, 2.24) is 14.9 Å². The van der Waals surface area contributed by atoms with Crippen molar-refractivity contribution in [3.63, 3.8) is 0 Å². The maximum atomic E-state index is 14.5. The van der Waals surface area contributed by atoms with Gasteiger partial charge in [0.15, 0.2) is 9.84 Å². The Labute approximate surface area is 210 Å². The summed E-state index contributed by atoms with van der Waals surface area (Å²) in [5, 5.41) is 2.91. The number of hydrogen-bond acceptors (Lipinski definition) is 8. The highest BCUT2D eigenvalue weighted by Crippen LogP contribution is 2.44. The van der Waals surface area contributed by atoms with Crippen LogP contribution < -0.4 is 10.1 Å². The average molecular weight is 519 g/mol. The van der Waals surface area contributed by atoms with E-state index in [4.69, 9.17) is 9.47 Å². The molecule has 2 bridgehead atoms. The maximum Gasteiger partial charge on any atom is 0.410 e. The highest BCUT2D eigenvalue weighted by atomic mass is 32.2. The first-order valence-corrected chi connectivity index (χ1v) is 14.1. The second-order valence-electron chi connectivity index (χ2n) is 10.5. The molecule has 11 heteroatoms. The van der Waals surface area contributed by atoms with E-state index in [1.165, 1.54) is 18.5 Å². The van der Waals surface area contributed by atoms with Crippen molar-refractivity contribution in [2.75, 3.05) is 31.3 Å². The predicted octanol–water partition coefficient (Wildman–Crippen LogP) is 4.10. The average Bonchev–Trinajstić information content (AvgIpc) is 3.49. The lowest BCUT2D eigenvalue weighted by atomic mass is 9.86. The Kier molecular flexibility index (Phi) is 6.30. The summed E-state index contributed by atoms with van der Waals surface area (Å²) in [6.45, 7) is 5.60. The van der Waals surface area contributed by atoms with Crippen LogP contribution in [0.4, 0.5) is 20.7 Å². The molecule has 194 valence electrons. The molecule has 1 saturated heterocycles. The van der Waals surface area contributed by atoms with Crippen molar-refractivity contribution in [3.8, 4) is 5.88 Å². The minimum absolute atomic E-state index is 0.0929. The Morgan fingerprint density at radius 1 is 1.22 bits per heavy atom. The SMILES string of the molecule is Cc1c(Nc2ccc(S(C)(=O)=O)cc2F)ncnc1OCC1C2CCC1CN(C(=O)OC1(C)CC1)C2. The Hall–Kier alpha value is -2.95. The first-order chi connectivity index (χ1) is 17.0. The Morgan fingerprint density at radius 3 is 2.53 bits per heavy atom. The molecule has 3 aliphatic rings. The first kappa shape index (κ1) is 24.7. The van der Waals surface area contributed by atoms with Crippen molar-refractivity contribution in [2.24, 2.45) is 17.8 Å². The normalized spacial score (nSPS) is 24.3. The third-order valence-electron chi connectivity index (χ3n) is 7.65. The molecule has 1 amide bonds. The lowest BCUT2D eigenvalue weighted by molar-refractivity contribution is 0.0255. The molecule has 1 aliphatic heterocycles. The van der Waals surface area contributed by atoms with Gasteiger partial charge in [0.05, 0.1) is 22.8 Å². The molecule has 1 N–H and O–H groups in total. The van der Waals surface area contributed by atoms with E-state index < -0.39 is 15.7 Å². The molecule has 9 nitrogen and oxygen atoms in total. The van der Waals surface area contributed by atoms with E-state index in [2.05, 4.69) is 15.3 Å². The number of halogens is 1. The molecular formula is C25H31FN4O5S. The largest absolute Gasteiger partial charge is 0.477 e. The number of carbonyl (C=O) groups excluding carboxylic acids is 1. The van der Waals surface area contributed by atoms with Crippen molar-refractivity contribution in [1.29, 1.82) is 0 Å². The van der Waals surface area contributed by atoms with Gasteiger partial charge in [-0.05, 0) is 69.6 Å². The third-order valence-corrected chi connectivity index (χ3v) is 8.76. The third kappa shape index (κ3) is 5.11. The van der Waals surface area contributed by atoms with Crippen LogP contribution >= 0.6 is 0 Å². The molecule has 2 unspecified atom stereocenters. The van der Waals surface area contributed by atoms with Gasteiger partial charge in [-0.3, -0.25) is 0 Å². The summed E-state index contributed by atoms with van der Waals surface area (Å²) in [6.07, 6.45) is 6.15. The first-order valence-electron chi connectivity index (χ1n) is 12.2. The molecule has 2 saturated carbocycles. The zero-order chi connectivity index (χ0) is 25.7. The van der Waals surface area contributed by atoms with Crippen LogP contribution in [-0.4, -0.2) is 60.9 Å². The van der Waals surface area contributed by atoms with Crippen LogP contribution in [0, 0.1) is 30.5 Å². The molecule has 1 aromatic heterocycles. The smallest absolute Gasteiger partial charge is 0.410 e. The number of fused-ring (bicyclic) bond motifs is 2. The molecule has 2 atom stereocenters. The van der Waals surface area contributed by atoms with Crippen LogP contribution in [0.3, 0.4) is 0 Å². The number of nitrogens with zero attached hydrogens (tertiary/aromatic N) is 3. The van der Waals surface area contributed by atoms with Gasteiger partial charge < -0.3 is 19.7 Å². The maximum absolute atomic E-state index is 14.5. The molecule has 2 aliphatic carbocycles. The van der Waals surface area contributed by atoms with Crippen LogP contribution in [0.25, 0.3) is 0 Å². The van der Waals surface area contributed by atoms with E-state index in [0.717, 1.165) is 38.0 Å². The molecule has 3 fully saturated rings. The lowest BCUT2D eigenvalue weighted by Crippen LogP contribution is -2.47. The number of nitrogens with one attached hydrogen (secondary N) is 1. The van der Waals surface area contributed by atoms with E-state index in [1.807, 2.05) is 11.8 Å². The van der Waals surface area contributed by atoms with Gasteiger partial charge in [-0.25, -0.2) is 27.6 Å². The predicted molar refractivity (Wildman–Crippen MR) is 130 cm³/mol.